The Morgan fingerprint density at radius 3 is 2.71 bits per heavy atom. The SMILES string of the molecule is Cc1cn(C)nc1-c1cccc(N)c1. The maximum absolute atomic E-state index is 5.72. The number of hydrogen-bond donors (Lipinski definition) is 1. The largest absolute Gasteiger partial charge is 0.399 e. The van der Waals surface area contributed by atoms with Crippen molar-refractivity contribution in [1.82, 2.24) is 9.78 Å². The summed E-state index contributed by atoms with van der Waals surface area (Å²) in [6, 6.07) is 7.78. The molecule has 0 aliphatic heterocycles. The number of aryl methyl sites for hydroxylation is 2. The highest BCUT2D eigenvalue weighted by atomic mass is 15.2. The van der Waals surface area contributed by atoms with Gasteiger partial charge in [0, 0.05) is 24.5 Å². The molecule has 0 fully saturated rings. The van der Waals surface area contributed by atoms with Gasteiger partial charge in [0.15, 0.2) is 0 Å². The molecule has 1 heterocycles. The summed E-state index contributed by atoms with van der Waals surface area (Å²) in [5, 5.41) is 4.38. The monoisotopic (exact) mass is 187 g/mol. The first kappa shape index (κ1) is 8.81. The van der Waals surface area contributed by atoms with E-state index in [4.69, 9.17) is 5.73 Å². The lowest BCUT2D eigenvalue weighted by atomic mass is 10.1. The van der Waals surface area contributed by atoms with Crippen molar-refractivity contribution >= 4 is 5.69 Å². The molecule has 0 bridgehead atoms. The van der Waals surface area contributed by atoms with E-state index in [0.29, 0.717) is 0 Å². The highest BCUT2D eigenvalue weighted by molar-refractivity contribution is 5.66. The number of rotatable bonds is 1. The second-order valence-electron chi connectivity index (χ2n) is 3.46. The summed E-state index contributed by atoms with van der Waals surface area (Å²) in [4.78, 5) is 0. The Hall–Kier alpha value is -1.77. The van der Waals surface area contributed by atoms with Crippen LogP contribution in [0.15, 0.2) is 30.5 Å². The van der Waals surface area contributed by atoms with Crippen molar-refractivity contribution in [1.29, 1.82) is 0 Å². The molecule has 3 nitrogen and oxygen atoms in total. The Balaban J connectivity index is 2.54. The Labute approximate surface area is 83.2 Å². The second-order valence-corrected chi connectivity index (χ2v) is 3.46. The molecule has 1 aromatic heterocycles. The lowest BCUT2D eigenvalue weighted by molar-refractivity contribution is 0.770. The van der Waals surface area contributed by atoms with Gasteiger partial charge in [0.1, 0.15) is 0 Å². The molecule has 2 N–H and O–H groups in total. The van der Waals surface area contributed by atoms with Crippen LogP contribution in [0.25, 0.3) is 11.3 Å². The first-order valence-electron chi connectivity index (χ1n) is 4.53. The summed E-state index contributed by atoms with van der Waals surface area (Å²) in [6.07, 6.45) is 2.00. The second kappa shape index (κ2) is 3.18. The summed E-state index contributed by atoms with van der Waals surface area (Å²) in [7, 11) is 1.92. The van der Waals surface area contributed by atoms with Gasteiger partial charge in [-0.2, -0.15) is 5.10 Å². The molecule has 0 spiro atoms. The van der Waals surface area contributed by atoms with E-state index in [2.05, 4.69) is 5.10 Å². The molecule has 0 saturated heterocycles. The summed E-state index contributed by atoms with van der Waals surface area (Å²) in [5.74, 6) is 0. The maximum atomic E-state index is 5.72. The Bertz CT molecular complexity index is 457. The van der Waals surface area contributed by atoms with Gasteiger partial charge in [0.25, 0.3) is 0 Å². The number of benzene rings is 1. The summed E-state index contributed by atoms with van der Waals surface area (Å²) < 4.78 is 1.81. The van der Waals surface area contributed by atoms with E-state index in [1.165, 1.54) is 0 Å². The van der Waals surface area contributed by atoms with Crippen molar-refractivity contribution in [2.24, 2.45) is 7.05 Å². The molecule has 0 aliphatic rings. The van der Waals surface area contributed by atoms with Gasteiger partial charge in [-0.3, -0.25) is 4.68 Å². The molecule has 0 aliphatic carbocycles. The van der Waals surface area contributed by atoms with Gasteiger partial charge >= 0.3 is 0 Å². The first-order chi connectivity index (χ1) is 6.66. The third-order valence-electron chi connectivity index (χ3n) is 2.17. The molecule has 2 aromatic rings. The molecule has 0 saturated carbocycles. The van der Waals surface area contributed by atoms with Crippen LogP contribution in [0.3, 0.4) is 0 Å². The zero-order valence-electron chi connectivity index (χ0n) is 8.36. The number of aromatic nitrogens is 2. The molecule has 2 rings (SSSR count). The lowest BCUT2D eigenvalue weighted by Gasteiger charge is -1.99. The molecule has 0 amide bonds. The smallest absolute Gasteiger partial charge is 0.0952 e. The van der Waals surface area contributed by atoms with Crippen LogP contribution in [0.5, 0.6) is 0 Å². The number of hydrogen-bond acceptors (Lipinski definition) is 2. The zero-order valence-corrected chi connectivity index (χ0v) is 8.36. The molecule has 14 heavy (non-hydrogen) atoms. The quantitative estimate of drug-likeness (QED) is 0.694. The number of nitrogen functional groups attached to an aromatic ring is 1. The summed E-state index contributed by atoms with van der Waals surface area (Å²) in [5.41, 5.74) is 9.73. The molecule has 72 valence electrons. The fourth-order valence-corrected chi connectivity index (χ4v) is 1.58. The van der Waals surface area contributed by atoms with Crippen LogP contribution < -0.4 is 5.73 Å². The fourth-order valence-electron chi connectivity index (χ4n) is 1.58. The molecular formula is C11H13N3. The highest BCUT2D eigenvalue weighted by Crippen LogP contribution is 2.22. The lowest BCUT2D eigenvalue weighted by Crippen LogP contribution is -1.89. The highest BCUT2D eigenvalue weighted by Gasteiger charge is 2.05. The van der Waals surface area contributed by atoms with E-state index in [0.717, 1.165) is 22.5 Å². The van der Waals surface area contributed by atoms with Crippen LogP contribution in [-0.2, 0) is 7.05 Å². The minimum atomic E-state index is 0.771. The molecule has 0 atom stereocenters. The summed E-state index contributed by atoms with van der Waals surface area (Å²) in [6.45, 7) is 2.05. The molecule has 1 aromatic carbocycles. The molecule has 3 heteroatoms. The summed E-state index contributed by atoms with van der Waals surface area (Å²) >= 11 is 0. The van der Waals surface area contributed by atoms with Crippen molar-refractivity contribution in [3.8, 4) is 11.3 Å². The van der Waals surface area contributed by atoms with Crippen LogP contribution in [0.4, 0.5) is 5.69 Å². The Morgan fingerprint density at radius 1 is 1.36 bits per heavy atom. The van der Waals surface area contributed by atoms with E-state index < -0.39 is 0 Å². The topological polar surface area (TPSA) is 43.8 Å². The van der Waals surface area contributed by atoms with Crippen LogP contribution >= 0.6 is 0 Å². The van der Waals surface area contributed by atoms with E-state index >= 15 is 0 Å². The van der Waals surface area contributed by atoms with Gasteiger partial charge in [-0.15, -0.1) is 0 Å². The van der Waals surface area contributed by atoms with E-state index in [9.17, 15) is 0 Å². The van der Waals surface area contributed by atoms with Crippen LogP contribution in [0.1, 0.15) is 5.56 Å². The minimum absolute atomic E-state index is 0.771. The number of nitrogens with two attached hydrogens (primary N) is 1. The van der Waals surface area contributed by atoms with Crippen molar-refractivity contribution in [2.75, 3.05) is 5.73 Å². The predicted octanol–water partition coefficient (Wildman–Crippen LogP) is 1.98. The Kier molecular flexibility index (Phi) is 2.00. The van der Waals surface area contributed by atoms with Crippen molar-refractivity contribution in [3.05, 3.63) is 36.0 Å². The minimum Gasteiger partial charge on any atom is -0.399 e. The van der Waals surface area contributed by atoms with E-state index in [1.54, 1.807) is 0 Å². The van der Waals surface area contributed by atoms with Gasteiger partial charge in [0.05, 0.1) is 5.69 Å². The average molecular weight is 187 g/mol. The normalized spacial score (nSPS) is 10.4. The standard InChI is InChI=1S/C11H13N3/c1-8-7-14(2)13-11(8)9-4-3-5-10(12)6-9/h3-7H,12H2,1-2H3. The third-order valence-corrected chi connectivity index (χ3v) is 2.17. The third kappa shape index (κ3) is 1.48. The molecule has 0 radical (unpaired) electrons. The van der Waals surface area contributed by atoms with Crippen LogP contribution in [0.2, 0.25) is 0 Å². The molecule has 0 unspecified atom stereocenters. The number of nitrogens with zero attached hydrogens (tertiary/aromatic N) is 2. The van der Waals surface area contributed by atoms with E-state index in [-0.39, 0.29) is 0 Å². The van der Waals surface area contributed by atoms with Gasteiger partial charge in [-0.25, -0.2) is 0 Å². The zero-order chi connectivity index (χ0) is 10.1. The predicted molar refractivity (Wildman–Crippen MR) is 57.8 cm³/mol. The van der Waals surface area contributed by atoms with Crippen LogP contribution in [0, 0.1) is 6.92 Å². The first-order valence-corrected chi connectivity index (χ1v) is 4.53. The van der Waals surface area contributed by atoms with Crippen molar-refractivity contribution < 1.29 is 0 Å². The van der Waals surface area contributed by atoms with Gasteiger partial charge in [0.2, 0.25) is 0 Å². The van der Waals surface area contributed by atoms with Crippen molar-refractivity contribution in [2.45, 2.75) is 6.92 Å². The van der Waals surface area contributed by atoms with Crippen molar-refractivity contribution in [3.63, 3.8) is 0 Å². The van der Waals surface area contributed by atoms with Gasteiger partial charge < -0.3 is 5.73 Å². The maximum Gasteiger partial charge on any atom is 0.0952 e. The molecular weight excluding hydrogens is 174 g/mol. The Morgan fingerprint density at radius 2 is 2.14 bits per heavy atom. The van der Waals surface area contributed by atoms with Gasteiger partial charge in [-0.1, -0.05) is 12.1 Å². The fraction of sp³-hybridized carbons (Fsp3) is 0.182. The van der Waals surface area contributed by atoms with E-state index in [1.807, 2.05) is 49.1 Å². The average Bonchev–Trinajstić information content (AvgIpc) is 2.45. The number of anilines is 1. The van der Waals surface area contributed by atoms with Crippen LogP contribution in [-0.4, -0.2) is 9.78 Å². The van der Waals surface area contributed by atoms with Gasteiger partial charge in [-0.05, 0) is 24.6 Å².